The van der Waals surface area contributed by atoms with Crippen molar-refractivity contribution in [3.63, 3.8) is 0 Å². The number of unbranched alkanes of at least 4 members (excludes halogenated alkanes) is 1. The predicted octanol–water partition coefficient (Wildman–Crippen LogP) is 4.77. The molecule has 0 radical (unpaired) electrons. The molecular formula is C25H33N3O3. The average Bonchev–Trinajstić information content (AvgIpc) is 3.23. The van der Waals surface area contributed by atoms with E-state index >= 15 is 0 Å². The third-order valence-corrected chi connectivity index (χ3v) is 5.64. The van der Waals surface area contributed by atoms with Crippen LogP contribution in [-0.2, 0) is 11.3 Å². The molecule has 166 valence electrons. The van der Waals surface area contributed by atoms with Crippen LogP contribution in [0.2, 0.25) is 0 Å². The van der Waals surface area contributed by atoms with Crippen molar-refractivity contribution in [2.75, 3.05) is 31.6 Å². The van der Waals surface area contributed by atoms with Crippen molar-refractivity contribution >= 4 is 17.7 Å². The molecule has 6 nitrogen and oxygen atoms in total. The first kappa shape index (κ1) is 22.8. The van der Waals surface area contributed by atoms with E-state index in [0.717, 1.165) is 38.9 Å². The highest BCUT2D eigenvalue weighted by Gasteiger charge is 2.29. The standard InChI is InChI=1S/C25H33N3O3/c1-3-5-17-31-24(29)21-11-13-22(14-12-21)26-25(30)28(4-2)23-15-16-27(19-23)18-20-9-7-6-8-10-20/h6-14,23H,3-5,15-19H2,1-2H3,(H,26,30). The number of anilines is 1. The molecule has 1 aliphatic rings. The maximum Gasteiger partial charge on any atom is 0.338 e. The molecule has 1 aliphatic heterocycles. The number of amides is 2. The zero-order chi connectivity index (χ0) is 22.1. The van der Waals surface area contributed by atoms with Gasteiger partial charge in [-0.25, -0.2) is 9.59 Å². The molecule has 2 amide bonds. The summed E-state index contributed by atoms with van der Waals surface area (Å²) in [5.74, 6) is -0.328. The van der Waals surface area contributed by atoms with Gasteiger partial charge in [0.05, 0.1) is 12.2 Å². The van der Waals surface area contributed by atoms with Crippen molar-refractivity contribution in [1.29, 1.82) is 0 Å². The second kappa shape index (κ2) is 11.5. The number of ether oxygens (including phenoxy) is 1. The van der Waals surface area contributed by atoms with Gasteiger partial charge in [-0.15, -0.1) is 0 Å². The number of esters is 1. The largest absolute Gasteiger partial charge is 0.462 e. The molecule has 3 rings (SSSR count). The lowest BCUT2D eigenvalue weighted by Crippen LogP contribution is -2.44. The van der Waals surface area contributed by atoms with Crippen molar-refractivity contribution in [2.45, 2.75) is 45.7 Å². The zero-order valence-electron chi connectivity index (χ0n) is 18.5. The van der Waals surface area contributed by atoms with Crippen LogP contribution in [0.1, 0.15) is 49.0 Å². The summed E-state index contributed by atoms with van der Waals surface area (Å²) >= 11 is 0. The number of hydrogen-bond donors (Lipinski definition) is 1. The van der Waals surface area contributed by atoms with E-state index in [2.05, 4.69) is 41.4 Å². The lowest BCUT2D eigenvalue weighted by molar-refractivity contribution is 0.0499. The normalized spacial score (nSPS) is 16.1. The highest BCUT2D eigenvalue weighted by molar-refractivity contribution is 5.92. The number of likely N-dealkylation sites (N-methyl/N-ethyl adjacent to an activating group) is 1. The Morgan fingerprint density at radius 2 is 1.84 bits per heavy atom. The predicted molar refractivity (Wildman–Crippen MR) is 123 cm³/mol. The molecule has 6 heteroatoms. The second-order valence-electron chi connectivity index (χ2n) is 7.95. The fourth-order valence-electron chi connectivity index (χ4n) is 3.90. The number of carbonyl (C=O) groups excluding carboxylic acids is 2. The summed E-state index contributed by atoms with van der Waals surface area (Å²) in [4.78, 5) is 29.2. The Morgan fingerprint density at radius 1 is 1.10 bits per heavy atom. The van der Waals surface area contributed by atoms with Crippen LogP contribution in [0.25, 0.3) is 0 Å². The first-order valence-corrected chi connectivity index (χ1v) is 11.2. The summed E-state index contributed by atoms with van der Waals surface area (Å²) < 4.78 is 5.23. The number of urea groups is 1. The second-order valence-corrected chi connectivity index (χ2v) is 7.95. The molecule has 2 aromatic rings. The zero-order valence-corrected chi connectivity index (χ0v) is 18.5. The molecule has 1 fully saturated rings. The van der Waals surface area contributed by atoms with Crippen LogP contribution >= 0.6 is 0 Å². The highest BCUT2D eigenvalue weighted by atomic mass is 16.5. The van der Waals surface area contributed by atoms with Gasteiger partial charge in [0.1, 0.15) is 0 Å². The van der Waals surface area contributed by atoms with Gasteiger partial charge >= 0.3 is 12.0 Å². The van der Waals surface area contributed by atoms with Crippen LogP contribution < -0.4 is 5.32 Å². The third-order valence-electron chi connectivity index (χ3n) is 5.64. The minimum Gasteiger partial charge on any atom is -0.462 e. The molecule has 0 aromatic heterocycles. The molecule has 1 atom stereocenters. The molecule has 31 heavy (non-hydrogen) atoms. The van der Waals surface area contributed by atoms with Gasteiger partial charge in [-0.1, -0.05) is 43.7 Å². The van der Waals surface area contributed by atoms with Crippen molar-refractivity contribution in [1.82, 2.24) is 9.80 Å². The number of hydrogen-bond acceptors (Lipinski definition) is 4. The van der Waals surface area contributed by atoms with Gasteiger partial charge in [-0.05, 0) is 49.6 Å². The van der Waals surface area contributed by atoms with Crippen LogP contribution in [0.5, 0.6) is 0 Å². The Hall–Kier alpha value is -2.86. The van der Waals surface area contributed by atoms with Crippen LogP contribution in [0, 0.1) is 0 Å². The van der Waals surface area contributed by atoms with Crippen LogP contribution in [-0.4, -0.2) is 54.1 Å². The minimum absolute atomic E-state index is 0.104. The van der Waals surface area contributed by atoms with Crippen molar-refractivity contribution < 1.29 is 14.3 Å². The molecule has 0 spiro atoms. The first-order valence-electron chi connectivity index (χ1n) is 11.2. The van der Waals surface area contributed by atoms with Gasteiger partial charge in [-0.3, -0.25) is 4.90 Å². The molecule has 1 heterocycles. The van der Waals surface area contributed by atoms with E-state index < -0.39 is 0 Å². The van der Waals surface area contributed by atoms with Gasteiger partial charge in [-0.2, -0.15) is 0 Å². The van der Waals surface area contributed by atoms with Crippen LogP contribution in [0.15, 0.2) is 54.6 Å². The number of likely N-dealkylation sites (tertiary alicyclic amines) is 1. The monoisotopic (exact) mass is 423 g/mol. The van der Waals surface area contributed by atoms with E-state index in [4.69, 9.17) is 4.74 Å². The van der Waals surface area contributed by atoms with Gasteiger partial charge in [0.2, 0.25) is 0 Å². The number of carbonyl (C=O) groups is 2. The summed E-state index contributed by atoms with van der Waals surface area (Å²) in [5, 5.41) is 2.97. The quantitative estimate of drug-likeness (QED) is 0.466. The summed E-state index contributed by atoms with van der Waals surface area (Å²) in [5.41, 5.74) is 2.46. The summed E-state index contributed by atoms with van der Waals surface area (Å²) in [6, 6.07) is 17.4. The fourth-order valence-corrected chi connectivity index (χ4v) is 3.90. The molecular weight excluding hydrogens is 390 g/mol. The van der Waals surface area contributed by atoms with E-state index in [1.54, 1.807) is 24.3 Å². The van der Waals surface area contributed by atoms with E-state index in [0.29, 0.717) is 24.4 Å². The van der Waals surface area contributed by atoms with Gasteiger partial charge < -0.3 is 15.0 Å². The molecule has 1 unspecified atom stereocenters. The molecule has 2 aromatic carbocycles. The first-order chi connectivity index (χ1) is 15.1. The number of benzene rings is 2. The van der Waals surface area contributed by atoms with E-state index in [9.17, 15) is 9.59 Å². The molecule has 1 N–H and O–H groups in total. The van der Waals surface area contributed by atoms with E-state index in [1.807, 2.05) is 17.9 Å². The van der Waals surface area contributed by atoms with Gasteiger partial charge in [0, 0.05) is 37.9 Å². The van der Waals surface area contributed by atoms with Crippen LogP contribution in [0.4, 0.5) is 10.5 Å². The van der Waals surface area contributed by atoms with Crippen molar-refractivity contribution in [3.8, 4) is 0 Å². The van der Waals surface area contributed by atoms with Gasteiger partial charge in [0.25, 0.3) is 0 Å². The molecule has 0 saturated carbocycles. The fraction of sp³-hybridized carbons (Fsp3) is 0.440. The lowest BCUT2D eigenvalue weighted by Gasteiger charge is -2.28. The summed E-state index contributed by atoms with van der Waals surface area (Å²) in [6.45, 7) is 7.91. The number of nitrogens with zero attached hydrogens (tertiary/aromatic N) is 2. The third kappa shape index (κ3) is 6.56. The topological polar surface area (TPSA) is 61.9 Å². The lowest BCUT2D eigenvalue weighted by atomic mass is 10.2. The van der Waals surface area contributed by atoms with E-state index in [-0.39, 0.29) is 18.0 Å². The summed E-state index contributed by atoms with van der Waals surface area (Å²) in [7, 11) is 0. The molecule has 1 saturated heterocycles. The molecule has 0 aliphatic carbocycles. The smallest absolute Gasteiger partial charge is 0.338 e. The number of nitrogens with one attached hydrogen (secondary N) is 1. The number of rotatable bonds is 9. The summed E-state index contributed by atoms with van der Waals surface area (Å²) in [6.07, 6.45) is 2.81. The Kier molecular flexibility index (Phi) is 8.47. The SMILES string of the molecule is CCCCOC(=O)c1ccc(NC(=O)N(CC)C2CCN(Cc3ccccc3)C2)cc1. The maximum atomic E-state index is 12.9. The Balaban J connectivity index is 1.52. The average molecular weight is 424 g/mol. The Bertz CT molecular complexity index is 839. The van der Waals surface area contributed by atoms with Crippen molar-refractivity contribution in [2.24, 2.45) is 0 Å². The van der Waals surface area contributed by atoms with E-state index in [1.165, 1.54) is 5.56 Å². The highest BCUT2D eigenvalue weighted by Crippen LogP contribution is 2.20. The Labute approximate surface area is 185 Å². The minimum atomic E-state index is -0.328. The van der Waals surface area contributed by atoms with Crippen molar-refractivity contribution in [3.05, 3.63) is 65.7 Å². The maximum absolute atomic E-state index is 12.9. The van der Waals surface area contributed by atoms with Gasteiger partial charge in [0.15, 0.2) is 0 Å². The molecule has 0 bridgehead atoms. The van der Waals surface area contributed by atoms with Crippen LogP contribution in [0.3, 0.4) is 0 Å². The Morgan fingerprint density at radius 3 is 2.52 bits per heavy atom.